The predicted molar refractivity (Wildman–Crippen MR) is 105 cm³/mol. The third kappa shape index (κ3) is 3.43. The van der Waals surface area contributed by atoms with Crippen molar-refractivity contribution in [3.8, 4) is 17.1 Å². The molecule has 5 heteroatoms. The number of ether oxygens (including phenoxy) is 1. The lowest BCUT2D eigenvalue weighted by Gasteiger charge is -2.12. The van der Waals surface area contributed by atoms with E-state index in [1.54, 1.807) is 4.52 Å². The Bertz CT molecular complexity index is 920. The van der Waals surface area contributed by atoms with Crippen molar-refractivity contribution in [1.82, 2.24) is 19.6 Å². The largest absolute Gasteiger partial charge is 0.463 e. The second-order valence-electron chi connectivity index (χ2n) is 7.08. The van der Waals surface area contributed by atoms with Crippen LogP contribution in [0.3, 0.4) is 0 Å². The van der Waals surface area contributed by atoms with Crippen molar-refractivity contribution in [2.45, 2.75) is 60.8 Å². The second kappa shape index (κ2) is 7.44. The van der Waals surface area contributed by atoms with Crippen molar-refractivity contribution in [2.24, 2.45) is 0 Å². The molecule has 2 aromatic heterocycles. The maximum atomic E-state index is 5.94. The van der Waals surface area contributed by atoms with E-state index in [1.165, 1.54) is 28.7 Å². The van der Waals surface area contributed by atoms with Gasteiger partial charge in [0.15, 0.2) is 5.65 Å². The summed E-state index contributed by atoms with van der Waals surface area (Å²) in [6.45, 7) is 13.2. The lowest BCUT2D eigenvalue weighted by atomic mass is 9.94. The minimum Gasteiger partial charge on any atom is -0.463 e. The first-order chi connectivity index (χ1) is 12.4. The average molecular weight is 352 g/mol. The molecule has 3 rings (SSSR count). The number of rotatable bonds is 6. The zero-order chi connectivity index (χ0) is 18.8. The van der Waals surface area contributed by atoms with Gasteiger partial charge in [0.05, 0.1) is 17.9 Å². The van der Waals surface area contributed by atoms with Crippen LogP contribution in [-0.4, -0.2) is 26.2 Å². The lowest BCUT2D eigenvalue weighted by Crippen LogP contribution is -2.07. The summed E-state index contributed by atoms with van der Waals surface area (Å²) in [5.41, 5.74) is 7.78. The number of aromatic nitrogens is 4. The van der Waals surface area contributed by atoms with Gasteiger partial charge in [0.25, 0.3) is 0 Å². The molecule has 0 aliphatic rings. The van der Waals surface area contributed by atoms with Gasteiger partial charge in [-0.3, -0.25) is 0 Å². The van der Waals surface area contributed by atoms with Crippen LogP contribution in [0.2, 0.25) is 0 Å². The van der Waals surface area contributed by atoms with E-state index >= 15 is 0 Å². The van der Waals surface area contributed by atoms with Crippen LogP contribution in [-0.2, 0) is 0 Å². The monoisotopic (exact) mass is 352 g/mol. The summed E-state index contributed by atoms with van der Waals surface area (Å²) in [5.74, 6) is 0.701. The minimum absolute atomic E-state index is 0.528. The molecule has 0 radical (unpaired) electrons. The number of unbranched alkanes of at least 4 members (excludes halogenated alkanes) is 2. The molecule has 1 aromatic carbocycles. The average Bonchev–Trinajstić information content (AvgIpc) is 2.87. The van der Waals surface area contributed by atoms with E-state index in [2.05, 4.69) is 44.8 Å². The van der Waals surface area contributed by atoms with Gasteiger partial charge in [-0.15, -0.1) is 0 Å². The molecule has 0 aliphatic heterocycles. The Hall–Kier alpha value is -2.43. The van der Waals surface area contributed by atoms with E-state index in [-0.39, 0.29) is 0 Å². The third-order valence-electron chi connectivity index (χ3n) is 4.65. The molecular weight excluding hydrogens is 324 g/mol. The zero-order valence-corrected chi connectivity index (χ0v) is 16.7. The fourth-order valence-corrected chi connectivity index (χ4v) is 3.59. The summed E-state index contributed by atoms with van der Waals surface area (Å²) in [6, 6.07) is 4.95. The molecule has 0 unspecified atom stereocenters. The summed E-state index contributed by atoms with van der Waals surface area (Å²) in [6.07, 6.45) is 3.33. The highest BCUT2D eigenvalue weighted by Crippen LogP contribution is 2.34. The van der Waals surface area contributed by atoms with Crippen LogP contribution in [0, 0.1) is 34.6 Å². The van der Waals surface area contributed by atoms with Gasteiger partial charge in [-0.1, -0.05) is 37.5 Å². The van der Waals surface area contributed by atoms with Crippen molar-refractivity contribution < 1.29 is 4.74 Å². The maximum absolute atomic E-state index is 5.94. The Morgan fingerprint density at radius 2 is 1.62 bits per heavy atom. The minimum atomic E-state index is 0.528. The van der Waals surface area contributed by atoms with Crippen molar-refractivity contribution in [2.75, 3.05) is 6.61 Å². The van der Waals surface area contributed by atoms with Gasteiger partial charge in [-0.25, -0.2) is 4.98 Å². The molecule has 3 aromatic rings. The van der Waals surface area contributed by atoms with Gasteiger partial charge < -0.3 is 4.74 Å². The number of hydrogen-bond donors (Lipinski definition) is 0. The fourth-order valence-electron chi connectivity index (χ4n) is 3.59. The summed E-state index contributed by atoms with van der Waals surface area (Å²) in [5, 5.41) is 4.70. The molecular formula is C21H28N4O. The molecule has 0 N–H and O–H groups in total. The molecule has 0 aliphatic carbocycles. The molecule has 0 bridgehead atoms. The summed E-state index contributed by atoms with van der Waals surface area (Å²) < 4.78 is 7.69. The first kappa shape index (κ1) is 18.4. The van der Waals surface area contributed by atoms with Crippen LogP contribution in [0.1, 0.15) is 54.4 Å². The highest BCUT2D eigenvalue weighted by molar-refractivity contribution is 5.84. The molecule has 5 nitrogen and oxygen atoms in total. The second-order valence-corrected chi connectivity index (χ2v) is 7.08. The normalized spacial score (nSPS) is 11.3. The zero-order valence-electron chi connectivity index (χ0n) is 16.7. The number of hydrogen-bond acceptors (Lipinski definition) is 4. The van der Waals surface area contributed by atoms with Crippen LogP contribution < -0.4 is 4.74 Å². The number of fused-ring (bicyclic) bond motifs is 1. The smallest absolute Gasteiger partial charge is 0.321 e. The van der Waals surface area contributed by atoms with E-state index in [4.69, 9.17) is 14.8 Å². The first-order valence-corrected chi connectivity index (χ1v) is 9.37. The molecule has 0 atom stereocenters. The summed E-state index contributed by atoms with van der Waals surface area (Å²) >= 11 is 0. The number of nitrogens with zero attached hydrogens (tertiary/aromatic N) is 4. The Labute approximate surface area is 155 Å². The third-order valence-corrected chi connectivity index (χ3v) is 4.65. The first-order valence-electron chi connectivity index (χ1n) is 9.37. The van der Waals surface area contributed by atoms with Gasteiger partial charge in [0.1, 0.15) is 5.82 Å². The van der Waals surface area contributed by atoms with E-state index in [9.17, 15) is 0 Å². The summed E-state index contributed by atoms with van der Waals surface area (Å²) in [7, 11) is 0. The highest BCUT2D eigenvalue weighted by atomic mass is 16.5. The molecule has 0 saturated heterocycles. The van der Waals surface area contributed by atoms with Crippen LogP contribution in [0.15, 0.2) is 12.1 Å². The maximum Gasteiger partial charge on any atom is 0.321 e. The van der Waals surface area contributed by atoms with Crippen LogP contribution >= 0.6 is 0 Å². The topological polar surface area (TPSA) is 52.3 Å². The van der Waals surface area contributed by atoms with Gasteiger partial charge >= 0.3 is 6.01 Å². The van der Waals surface area contributed by atoms with Gasteiger partial charge in [0, 0.05) is 0 Å². The molecule has 26 heavy (non-hydrogen) atoms. The summed E-state index contributed by atoms with van der Waals surface area (Å²) in [4.78, 5) is 9.17. The van der Waals surface area contributed by atoms with Gasteiger partial charge in [-0.05, 0) is 57.7 Å². The Morgan fingerprint density at radius 1 is 0.923 bits per heavy atom. The molecule has 138 valence electrons. The molecule has 0 spiro atoms. The fraction of sp³-hybridized carbons (Fsp3) is 0.476. The molecule has 0 saturated carbocycles. The Kier molecular flexibility index (Phi) is 5.25. The van der Waals surface area contributed by atoms with Gasteiger partial charge in [-0.2, -0.15) is 14.6 Å². The van der Waals surface area contributed by atoms with E-state index in [0.717, 1.165) is 29.7 Å². The lowest BCUT2D eigenvalue weighted by molar-refractivity contribution is 0.273. The van der Waals surface area contributed by atoms with Crippen molar-refractivity contribution in [3.05, 3.63) is 40.3 Å². The van der Waals surface area contributed by atoms with E-state index in [1.807, 2.05) is 13.8 Å². The SMILES string of the molecule is CCCCCOc1nc(C)nc2c(-c3c(C)cc(C)cc3C)c(C)nn12. The Balaban J connectivity index is 2.14. The predicted octanol–water partition coefficient (Wildman–Crippen LogP) is 4.90. The number of aryl methyl sites for hydroxylation is 5. The number of benzene rings is 1. The quantitative estimate of drug-likeness (QED) is 0.592. The van der Waals surface area contributed by atoms with Crippen molar-refractivity contribution >= 4 is 5.65 Å². The molecule has 0 amide bonds. The molecule has 2 heterocycles. The standard InChI is InChI=1S/C21H28N4O/c1-7-8-9-10-26-21-23-17(6)22-20-19(16(5)24-25(20)21)18-14(3)11-13(2)12-15(18)4/h11-12H,7-10H2,1-6H3. The van der Waals surface area contributed by atoms with E-state index < -0.39 is 0 Å². The Morgan fingerprint density at radius 3 is 2.27 bits per heavy atom. The van der Waals surface area contributed by atoms with Crippen LogP contribution in [0.25, 0.3) is 16.8 Å². The van der Waals surface area contributed by atoms with E-state index in [0.29, 0.717) is 18.4 Å². The van der Waals surface area contributed by atoms with Crippen molar-refractivity contribution in [1.29, 1.82) is 0 Å². The molecule has 0 fully saturated rings. The highest BCUT2D eigenvalue weighted by Gasteiger charge is 2.20. The van der Waals surface area contributed by atoms with Crippen LogP contribution in [0.5, 0.6) is 6.01 Å². The van der Waals surface area contributed by atoms with Gasteiger partial charge in [0.2, 0.25) is 0 Å². The van der Waals surface area contributed by atoms with Crippen molar-refractivity contribution in [3.63, 3.8) is 0 Å². The van der Waals surface area contributed by atoms with Crippen LogP contribution in [0.4, 0.5) is 0 Å².